The summed E-state index contributed by atoms with van der Waals surface area (Å²) in [4.78, 5) is 28.0. The second-order valence-corrected chi connectivity index (χ2v) is 10.2. The molecule has 7 nitrogen and oxygen atoms in total. The minimum Gasteiger partial charge on any atom is -0.348 e. The standard InChI is InChI=1S/C25H25ClN6OS/c1-29(2)11-12-31-21-10-9-18(13-19(21)28-25(31)30(3)4)32-15-27-20-14-22(34-23(20)24(32)33)16-5-7-17(26)8-6-16/h5-10,13-15H,11-12H2,1-4H3. The molecule has 3 aromatic heterocycles. The molecule has 5 aromatic rings. The van der Waals surface area contributed by atoms with Crippen molar-refractivity contribution < 1.29 is 0 Å². The van der Waals surface area contributed by atoms with E-state index in [9.17, 15) is 4.79 Å². The number of likely N-dealkylation sites (N-methyl/N-ethyl adjacent to an activating group) is 1. The van der Waals surface area contributed by atoms with Gasteiger partial charge in [-0.05, 0) is 56.1 Å². The highest BCUT2D eigenvalue weighted by molar-refractivity contribution is 7.22. The van der Waals surface area contributed by atoms with Crippen molar-refractivity contribution in [2.24, 2.45) is 0 Å². The number of aromatic nitrogens is 4. The van der Waals surface area contributed by atoms with Crippen LogP contribution in [0, 0.1) is 0 Å². The number of imidazole rings is 1. The second kappa shape index (κ2) is 8.87. The number of fused-ring (bicyclic) bond motifs is 2. The third-order valence-corrected chi connectivity index (χ3v) is 7.14. The maximum Gasteiger partial charge on any atom is 0.275 e. The Bertz CT molecular complexity index is 1550. The minimum atomic E-state index is -0.0885. The Morgan fingerprint density at radius 1 is 1.00 bits per heavy atom. The first kappa shape index (κ1) is 22.6. The fraction of sp³-hybridized carbons (Fsp3) is 0.240. The molecule has 0 aliphatic heterocycles. The molecular formula is C25H25ClN6OS. The number of rotatable bonds is 6. The van der Waals surface area contributed by atoms with Crippen molar-refractivity contribution in [2.45, 2.75) is 6.54 Å². The number of benzene rings is 2. The number of hydrogen-bond donors (Lipinski definition) is 0. The van der Waals surface area contributed by atoms with Gasteiger partial charge in [-0.1, -0.05) is 23.7 Å². The van der Waals surface area contributed by atoms with E-state index in [-0.39, 0.29) is 5.56 Å². The van der Waals surface area contributed by atoms with E-state index >= 15 is 0 Å². The highest BCUT2D eigenvalue weighted by atomic mass is 35.5. The van der Waals surface area contributed by atoms with Crippen LogP contribution >= 0.6 is 22.9 Å². The Labute approximate surface area is 206 Å². The quantitative estimate of drug-likeness (QED) is 0.342. The minimum absolute atomic E-state index is 0.0885. The van der Waals surface area contributed by atoms with E-state index in [2.05, 4.69) is 28.5 Å². The lowest BCUT2D eigenvalue weighted by Crippen LogP contribution is -2.22. The Kier molecular flexibility index (Phi) is 5.89. The lowest BCUT2D eigenvalue weighted by molar-refractivity contribution is 0.387. The van der Waals surface area contributed by atoms with Gasteiger partial charge in [-0.3, -0.25) is 9.36 Å². The zero-order chi connectivity index (χ0) is 24.0. The van der Waals surface area contributed by atoms with Crippen LogP contribution in [0.3, 0.4) is 0 Å². The SMILES string of the molecule is CN(C)CCn1c(N(C)C)nc2cc(-n3cnc4cc(-c5ccc(Cl)cc5)sc4c3=O)ccc21. The van der Waals surface area contributed by atoms with E-state index < -0.39 is 0 Å². The highest BCUT2D eigenvalue weighted by Crippen LogP contribution is 2.32. The molecule has 3 heterocycles. The maximum absolute atomic E-state index is 13.4. The average molecular weight is 493 g/mol. The Hall–Kier alpha value is -3.20. The molecule has 0 atom stereocenters. The predicted molar refractivity (Wildman–Crippen MR) is 142 cm³/mol. The molecule has 0 aliphatic carbocycles. The van der Waals surface area contributed by atoms with Gasteiger partial charge in [0.05, 0.1) is 22.2 Å². The van der Waals surface area contributed by atoms with Crippen LogP contribution in [-0.2, 0) is 6.54 Å². The Morgan fingerprint density at radius 2 is 1.76 bits per heavy atom. The monoisotopic (exact) mass is 492 g/mol. The number of hydrogen-bond acceptors (Lipinski definition) is 6. The van der Waals surface area contributed by atoms with Gasteiger partial charge in [0, 0.05) is 37.1 Å². The molecule has 0 bridgehead atoms. The topological polar surface area (TPSA) is 59.2 Å². The first-order valence-electron chi connectivity index (χ1n) is 10.9. The van der Waals surface area contributed by atoms with Gasteiger partial charge in [-0.25, -0.2) is 9.97 Å². The second-order valence-electron chi connectivity index (χ2n) is 8.69. The molecular weight excluding hydrogens is 468 g/mol. The number of nitrogens with zero attached hydrogens (tertiary/aromatic N) is 6. The van der Waals surface area contributed by atoms with Crippen LogP contribution in [-0.4, -0.2) is 58.7 Å². The zero-order valence-corrected chi connectivity index (χ0v) is 21.1. The zero-order valence-electron chi connectivity index (χ0n) is 19.5. The normalized spacial score (nSPS) is 11.7. The summed E-state index contributed by atoms with van der Waals surface area (Å²) in [7, 11) is 8.10. The highest BCUT2D eigenvalue weighted by Gasteiger charge is 2.16. The van der Waals surface area contributed by atoms with Crippen molar-refractivity contribution in [3.8, 4) is 16.1 Å². The van der Waals surface area contributed by atoms with Gasteiger partial charge in [-0.2, -0.15) is 0 Å². The average Bonchev–Trinajstić information content (AvgIpc) is 3.40. The molecule has 174 valence electrons. The van der Waals surface area contributed by atoms with E-state index in [1.807, 2.05) is 67.5 Å². The van der Waals surface area contributed by atoms with E-state index in [0.29, 0.717) is 15.2 Å². The number of halogens is 1. The molecule has 2 aromatic carbocycles. The molecule has 0 saturated heterocycles. The van der Waals surface area contributed by atoms with Gasteiger partial charge in [0.25, 0.3) is 5.56 Å². The number of thiophene rings is 1. The van der Waals surface area contributed by atoms with Crippen LogP contribution in [0.1, 0.15) is 0 Å². The van der Waals surface area contributed by atoms with Crippen LogP contribution < -0.4 is 10.5 Å². The van der Waals surface area contributed by atoms with Crippen molar-refractivity contribution in [3.63, 3.8) is 0 Å². The molecule has 0 amide bonds. The maximum atomic E-state index is 13.4. The van der Waals surface area contributed by atoms with E-state index in [4.69, 9.17) is 16.6 Å². The van der Waals surface area contributed by atoms with Crippen LogP contribution in [0.2, 0.25) is 5.02 Å². The van der Waals surface area contributed by atoms with Gasteiger partial charge < -0.3 is 14.4 Å². The van der Waals surface area contributed by atoms with Crippen molar-refractivity contribution in [2.75, 3.05) is 39.6 Å². The summed E-state index contributed by atoms with van der Waals surface area (Å²) in [5.74, 6) is 0.890. The molecule has 0 spiro atoms. The van der Waals surface area contributed by atoms with E-state index in [1.54, 1.807) is 10.9 Å². The Morgan fingerprint density at radius 3 is 2.47 bits per heavy atom. The fourth-order valence-corrected chi connectivity index (χ4v) is 5.14. The van der Waals surface area contributed by atoms with Gasteiger partial charge in [0.1, 0.15) is 11.0 Å². The van der Waals surface area contributed by atoms with Crippen LogP contribution in [0.4, 0.5) is 5.95 Å². The third kappa shape index (κ3) is 4.09. The molecule has 9 heteroatoms. The first-order chi connectivity index (χ1) is 16.3. The summed E-state index contributed by atoms with van der Waals surface area (Å²) in [6.45, 7) is 1.73. The van der Waals surface area contributed by atoms with E-state index in [0.717, 1.165) is 46.2 Å². The van der Waals surface area contributed by atoms with Crippen molar-refractivity contribution in [3.05, 3.63) is 70.2 Å². The lowest BCUT2D eigenvalue weighted by Gasteiger charge is -2.17. The van der Waals surface area contributed by atoms with Crippen molar-refractivity contribution in [1.82, 2.24) is 24.0 Å². The summed E-state index contributed by atoms with van der Waals surface area (Å²) >= 11 is 7.46. The predicted octanol–water partition coefficient (Wildman–Crippen LogP) is 4.74. The van der Waals surface area contributed by atoms with Crippen LogP contribution in [0.5, 0.6) is 0 Å². The summed E-state index contributed by atoms with van der Waals surface area (Å²) in [6.07, 6.45) is 1.60. The molecule has 0 radical (unpaired) electrons. The van der Waals surface area contributed by atoms with Crippen LogP contribution in [0.25, 0.3) is 37.4 Å². The van der Waals surface area contributed by atoms with Gasteiger partial charge in [0.2, 0.25) is 5.95 Å². The largest absolute Gasteiger partial charge is 0.348 e. The lowest BCUT2D eigenvalue weighted by atomic mass is 10.2. The molecule has 0 N–H and O–H groups in total. The molecule has 0 saturated carbocycles. The van der Waals surface area contributed by atoms with Gasteiger partial charge in [0.15, 0.2) is 0 Å². The summed E-state index contributed by atoms with van der Waals surface area (Å²) in [6, 6.07) is 15.5. The molecule has 0 unspecified atom stereocenters. The fourth-order valence-electron chi connectivity index (χ4n) is 3.97. The summed E-state index contributed by atoms with van der Waals surface area (Å²) in [5.41, 5.74) is 4.25. The third-order valence-electron chi connectivity index (χ3n) is 5.73. The van der Waals surface area contributed by atoms with E-state index in [1.165, 1.54) is 11.3 Å². The van der Waals surface area contributed by atoms with Gasteiger partial charge in [-0.15, -0.1) is 11.3 Å². The molecule has 0 aliphatic rings. The van der Waals surface area contributed by atoms with Gasteiger partial charge >= 0.3 is 0 Å². The van der Waals surface area contributed by atoms with Crippen molar-refractivity contribution in [1.29, 1.82) is 0 Å². The molecule has 0 fully saturated rings. The number of anilines is 1. The Balaban J connectivity index is 1.58. The molecule has 34 heavy (non-hydrogen) atoms. The van der Waals surface area contributed by atoms with Crippen LogP contribution in [0.15, 0.2) is 59.7 Å². The molecule has 5 rings (SSSR count). The van der Waals surface area contributed by atoms with Crippen molar-refractivity contribution >= 4 is 50.1 Å². The summed E-state index contributed by atoms with van der Waals surface area (Å²) < 4.78 is 4.43. The smallest absolute Gasteiger partial charge is 0.275 e. The first-order valence-corrected chi connectivity index (χ1v) is 12.1. The summed E-state index contributed by atoms with van der Waals surface area (Å²) in [5, 5.41) is 0.683.